The number of pyridine rings is 1. The molecule has 1 heterocycles. The average Bonchev–Trinajstić information content (AvgIpc) is 3.00. The van der Waals surface area contributed by atoms with Gasteiger partial charge in [0.2, 0.25) is 0 Å². The molecule has 1 fully saturated rings. The third kappa shape index (κ3) is 2.69. The van der Waals surface area contributed by atoms with Crippen LogP contribution < -0.4 is 5.32 Å². The quantitative estimate of drug-likeness (QED) is 0.773. The van der Waals surface area contributed by atoms with Crippen molar-refractivity contribution in [2.45, 2.75) is 32.4 Å². The molecule has 2 rings (SSSR count). The molecule has 0 aromatic carbocycles. The third-order valence-electron chi connectivity index (χ3n) is 2.75. The van der Waals surface area contributed by atoms with Gasteiger partial charge in [-0.3, -0.25) is 0 Å². The molecular formula is C11H15ClN2. The van der Waals surface area contributed by atoms with Crippen molar-refractivity contribution < 1.29 is 0 Å². The fourth-order valence-electron chi connectivity index (χ4n) is 1.55. The number of hydrogen-bond donors (Lipinski definition) is 1. The lowest BCUT2D eigenvalue weighted by atomic mass is 10.2. The molecule has 1 aromatic rings. The second-order valence-electron chi connectivity index (χ2n) is 4.00. The lowest BCUT2D eigenvalue weighted by Crippen LogP contribution is -2.27. The normalized spacial score (nSPS) is 18.1. The van der Waals surface area contributed by atoms with Crippen LogP contribution in [0.5, 0.6) is 0 Å². The fraction of sp³-hybridized carbons (Fsp3) is 0.545. The van der Waals surface area contributed by atoms with Crippen molar-refractivity contribution in [3.05, 3.63) is 29.0 Å². The first-order valence-electron chi connectivity index (χ1n) is 5.09. The molecule has 0 amide bonds. The van der Waals surface area contributed by atoms with Crippen LogP contribution in [-0.2, 0) is 6.54 Å². The number of aromatic nitrogens is 1. The molecular weight excluding hydrogens is 196 g/mol. The average molecular weight is 211 g/mol. The zero-order valence-electron chi connectivity index (χ0n) is 8.33. The molecule has 76 valence electrons. The summed E-state index contributed by atoms with van der Waals surface area (Å²) in [4.78, 5) is 4.04. The number of nitrogens with one attached hydrogen (secondary N) is 1. The lowest BCUT2D eigenvalue weighted by molar-refractivity contribution is 0.496. The van der Waals surface area contributed by atoms with E-state index in [4.69, 9.17) is 11.6 Å². The second kappa shape index (κ2) is 4.28. The Morgan fingerprint density at radius 1 is 1.57 bits per heavy atom. The van der Waals surface area contributed by atoms with Crippen LogP contribution in [0.3, 0.4) is 0 Å². The Hall–Kier alpha value is -0.600. The van der Waals surface area contributed by atoms with Crippen LogP contribution in [0.1, 0.15) is 25.3 Å². The summed E-state index contributed by atoms with van der Waals surface area (Å²) >= 11 is 5.70. The minimum absolute atomic E-state index is 0.559. The van der Waals surface area contributed by atoms with Crippen LogP contribution in [0.25, 0.3) is 0 Å². The van der Waals surface area contributed by atoms with Gasteiger partial charge in [-0.1, -0.05) is 17.7 Å². The summed E-state index contributed by atoms with van der Waals surface area (Å²) in [5, 5.41) is 4.06. The maximum absolute atomic E-state index is 5.70. The summed E-state index contributed by atoms with van der Waals surface area (Å²) in [7, 11) is 0. The summed E-state index contributed by atoms with van der Waals surface area (Å²) in [6, 6.07) is 4.48. The number of rotatable bonds is 4. The Bertz CT molecular complexity index is 293. The van der Waals surface area contributed by atoms with E-state index in [-0.39, 0.29) is 0 Å². The van der Waals surface area contributed by atoms with Crippen molar-refractivity contribution in [3.8, 4) is 0 Å². The monoisotopic (exact) mass is 210 g/mol. The maximum Gasteiger partial charge on any atom is 0.129 e. The van der Waals surface area contributed by atoms with Gasteiger partial charge in [-0.25, -0.2) is 4.98 Å². The van der Waals surface area contributed by atoms with E-state index >= 15 is 0 Å². The Balaban J connectivity index is 1.82. The molecule has 0 aliphatic heterocycles. The summed E-state index contributed by atoms with van der Waals surface area (Å²) in [5.41, 5.74) is 1.20. The highest BCUT2D eigenvalue weighted by atomic mass is 35.5. The van der Waals surface area contributed by atoms with Crippen molar-refractivity contribution in [1.82, 2.24) is 10.3 Å². The summed E-state index contributed by atoms with van der Waals surface area (Å²) in [5.74, 6) is 0.898. The fourth-order valence-corrected chi connectivity index (χ4v) is 1.66. The highest BCUT2D eigenvalue weighted by molar-refractivity contribution is 6.29. The molecule has 1 N–H and O–H groups in total. The third-order valence-corrected chi connectivity index (χ3v) is 2.97. The molecule has 1 aromatic heterocycles. The molecule has 2 nitrogen and oxygen atoms in total. The first-order chi connectivity index (χ1) is 6.75. The molecule has 0 bridgehead atoms. The van der Waals surface area contributed by atoms with E-state index in [1.807, 2.05) is 18.3 Å². The predicted molar refractivity (Wildman–Crippen MR) is 58.3 cm³/mol. The van der Waals surface area contributed by atoms with Gasteiger partial charge in [0.15, 0.2) is 0 Å². The van der Waals surface area contributed by atoms with Gasteiger partial charge in [-0.05, 0) is 37.3 Å². The van der Waals surface area contributed by atoms with Gasteiger partial charge in [0, 0.05) is 18.8 Å². The molecule has 1 unspecified atom stereocenters. The van der Waals surface area contributed by atoms with Crippen molar-refractivity contribution in [3.63, 3.8) is 0 Å². The Labute approximate surface area is 89.7 Å². The van der Waals surface area contributed by atoms with Crippen LogP contribution >= 0.6 is 11.6 Å². The molecule has 0 radical (unpaired) electrons. The summed E-state index contributed by atoms with van der Waals surface area (Å²) in [6.07, 6.45) is 4.59. The first-order valence-corrected chi connectivity index (χ1v) is 5.47. The van der Waals surface area contributed by atoms with E-state index in [0.29, 0.717) is 11.2 Å². The molecule has 1 aliphatic rings. The predicted octanol–water partition coefficient (Wildman–Crippen LogP) is 2.62. The van der Waals surface area contributed by atoms with E-state index in [2.05, 4.69) is 17.2 Å². The highest BCUT2D eigenvalue weighted by Crippen LogP contribution is 2.32. The Kier molecular flexibility index (Phi) is 3.04. The van der Waals surface area contributed by atoms with Crippen LogP contribution in [-0.4, -0.2) is 11.0 Å². The smallest absolute Gasteiger partial charge is 0.129 e. The standard InChI is InChI=1S/C11H15ClN2/c1-8(10-3-4-10)13-6-9-2-5-11(12)14-7-9/h2,5,7-8,10,13H,3-4,6H2,1H3. The lowest BCUT2D eigenvalue weighted by Gasteiger charge is -2.12. The summed E-state index contributed by atoms with van der Waals surface area (Å²) < 4.78 is 0. The van der Waals surface area contributed by atoms with Crippen LogP contribution in [0.2, 0.25) is 5.15 Å². The molecule has 0 spiro atoms. The largest absolute Gasteiger partial charge is 0.310 e. The van der Waals surface area contributed by atoms with E-state index < -0.39 is 0 Å². The number of halogens is 1. The van der Waals surface area contributed by atoms with Crippen molar-refractivity contribution in [1.29, 1.82) is 0 Å². The Morgan fingerprint density at radius 2 is 2.36 bits per heavy atom. The molecule has 1 aliphatic carbocycles. The van der Waals surface area contributed by atoms with Gasteiger partial charge < -0.3 is 5.32 Å². The molecule has 1 atom stereocenters. The molecule has 3 heteroatoms. The zero-order valence-corrected chi connectivity index (χ0v) is 9.09. The van der Waals surface area contributed by atoms with E-state index in [0.717, 1.165) is 12.5 Å². The SMILES string of the molecule is CC(NCc1ccc(Cl)nc1)C1CC1. The number of hydrogen-bond acceptors (Lipinski definition) is 2. The molecule has 0 saturated heterocycles. The van der Waals surface area contributed by atoms with Gasteiger partial charge in [0.1, 0.15) is 5.15 Å². The van der Waals surface area contributed by atoms with Gasteiger partial charge in [0.25, 0.3) is 0 Å². The summed E-state index contributed by atoms with van der Waals surface area (Å²) in [6.45, 7) is 3.14. The minimum Gasteiger partial charge on any atom is -0.310 e. The van der Waals surface area contributed by atoms with Crippen molar-refractivity contribution in [2.24, 2.45) is 5.92 Å². The van der Waals surface area contributed by atoms with Gasteiger partial charge in [0.05, 0.1) is 0 Å². The Morgan fingerprint density at radius 3 is 2.93 bits per heavy atom. The van der Waals surface area contributed by atoms with Crippen molar-refractivity contribution in [2.75, 3.05) is 0 Å². The van der Waals surface area contributed by atoms with E-state index in [1.165, 1.54) is 18.4 Å². The van der Waals surface area contributed by atoms with Gasteiger partial charge in [-0.15, -0.1) is 0 Å². The first kappa shape index (κ1) is 9.94. The van der Waals surface area contributed by atoms with Crippen LogP contribution in [0.4, 0.5) is 0 Å². The zero-order chi connectivity index (χ0) is 9.97. The van der Waals surface area contributed by atoms with Crippen LogP contribution in [0, 0.1) is 5.92 Å². The second-order valence-corrected chi connectivity index (χ2v) is 4.38. The number of nitrogens with zero attached hydrogens (tertiary/aromatic N) is 1. The van der Waals surface area contributed by atoms with Gasteiger partial charge in [-0.2, -0.15) is 0 Å². The van der Waals surface area contributed by atoms with Gasteiger partial charge >= 0.3 is 0 Å². The van der Waals surface area contributed by atoms with Crippen molar-refractivity contribution >= 4 is 11.6 Å². The molecule has 1 saturated carbocycles. The van der Waals surface area contributed by atoms with E-state index in [9.17, 15) is 0 Å². The highest BCUT2D eigenvalue weighted by Gasteiger charge is 2.27. The maximum atomic E-state index is 5.70. The topological polar surface area (TPSA) is 24.9 Å². The minimum atomic E-state index is 0.559. The van der Waals surface area contributed by atoms with Crippen LogP contribution in [0.15, 0.2) is 18.3 Å². The molecule has 14 heavy (non-hydrogen) atoms. The van der Waals surface area contributed by atoms with E-state index in [1.54, 1.807) is 0 Å².